The molecule has 0 bridgehead atoms. The summed E-state index contributed by atoms with van der Waals surface area (Å²) in [4.78, 5) is 12.0. The Morgan fingerprint density at radius 2 is 1.77 bits per heavy atom. The molecule has 0 saturated carbocycles. The number of nitrogens with one attached hydrogen (secondary N) is 1. The fraction of sp³-hybridized carbons (Fsp3) is 0.300. The van der Waals surface area contributed by atoms with Crippen LogP contribution < -0.4 is 0 Å². The molecule has 4 rings (SSSR count). The number of aromatic nitrogens is 2. The Morgan fingerprint density at radius 3 is 2.50 bits per heavy atom. The van der Waals surface area contributed by atoms with Crippen LogP contribution in [0.25, 0.3) is 11.0 Å². The molecular formula is C20H18F3N3. The molecule has 2 heterocycles. The first kappa shape index (κ1) is 16.8. The highest BCUT2D eigenvalue weighted by Crippen LogP contribution is 2.47. The number of nitrogens with zero attached hydrogens (tertiary/aromatic N) is 2. The van der Waals surface area contributed by atoms with Gasteiger partial charge in [-0.3, -0.25) is 4.99 Å². The molecular weight excluding hydrogens is 339 g/mol. The number of benzene rings is 2. The van der Waals surface area contributed by atoms with E-state index in [0.29, 0.717) is 5.82 Å². The maximum atomic E-state index is 14.9. The molecule has 0 unspecified atom stereocenters. The quantitative estimate of drug-likeness (QED) is 0.651. The SMILES string of the molecule is Cc1ccc2nc(C3=NC(C)(C)C(F)(F)c4c(F)cccc43)[nH]c2c1C. The molecule has 2 aromatic carbocycles. The van der Waals surface area contributed by atoms with E-state index in [9.17, 15) is 13.2 Å². The summed E-state index contributed by atoms with van der Waals surface area (Å²) in [6, 6.07) is 7.75. The number of rotatable bonds is 1. The number of fused-ring (bicyclic) bond motifs is 2. The van der Waals surface area contributed by atoms with Gasteiger partial charge >= 0.3 is 5.92 Å². The van der Waals surface area contributed by atoms with Crippen molar-refractivity contribution in [3.8, 4) is 0 Å². The molecule has 26 heavy (non-hydrogen) atoms. The molecule has 3 nitrogen and oxygen atoms in total. The van der Waals surface area contributed by atoms with Gasteiger partial charge in [-0.1, -0.05) is 18.2 Å². The van der Waals surface area contributed by atoms with Crippen LogP contribution in [0.5, 0.6) is 0 Å². The first-order valence-corrected chi connectivity index (χ1v) is 8.37. The maximum absolute atomic E-state index is 14.9. The standard InChI is InChI=1S/C20H18F3N3/c1-10-8-9-14-16(11(10)2)25-18(24-14)17-12-6-5-7-13(21)15(12)20(22,23)19(3,4)26-17/h5-9H,1-4H3,(H,24,25). The fourth-order valence-corrected chi connectivity index (χ4v) is 3.37. The monoisotopic (exact) mass is 357 g/mol. The summed E-state index contributed by atoms with van der Waals surface area (Å²) in [5, 5.41) is 0. The van der Waals surface area contributed by atoms with Gasteiger partial charge in [0.25, 0.3) is 0 Å². The highest BCUT2D eigenvalue weighted by Gasteiger charge is 2.54. The van der Waals surface area contributed by atoms with Crippen molar-refractivity contribution in [1.29, 1.82) is 0 Å². The number of aliphatic imine (C=N–C) groups is 1. The Morgan fingerprint density at radius 1 is 1.04 bits per heavy atom. The zero-order valence-electron chi connectivity index (χ0n) is 14.9. The summed E-state index contributed by atoms with van der Waals surface area (Å²) < 4.78 is 44.1. The minimum absolute atomic E-state index is 0.0720. The Labute approximate surface area is 149 Å². The van der Waals surface area contributed by atoms with Gasteiger partial charge in [0.2, 0.25) is 0 Å². The van der Waals surface area contributed by atoms with Crippen molar-refractivity contribution < 1.29 is 13.2 Å². The van der Waals surface area contributed by atoms with Gasteiger partial charge < -0.3 is 4.98 Å². The van der Waals surface area contributed by atoms with Crippen LogP contribution in [0.2, 0.25) is 0 Å². The summed E-state index contributed by atoms with van der Waals surface area (Å²) in [7, 11) is 0. The van der Waals surface area contributed by atoms with E-state index in [1.165, 1.54) is 26.0 Å². The molecule has 0 atom stereocenters. The van der Waals surface area contributed by atoms with Crippen LogP contribution in [0.3, 0.4) is 0 Å². The lowest BCUT2D eigenvalue weighted by molar-refractivity contribution is -0.0710. The number of hydrogen-bond donors (Lipinski definition) is 1. The molecule has 0 saturated heterocycles. The van der Waals surface area contributed by atoms with Gasteiger partial charge in [0.05, 0.1) is 16.6 Å². The number of alkyl halides is 2. The van der Waals surface area contributed by atoms with Crippen LogP contribution in [0.1, 0.15) is 41.9 Å². The molecule has 0 aliphatic carbocycles. The van der Waals surface area contributed by atoms with Crippen LogP contribution in [-0.4, -0.2) is 21.2 Å². The summed E-state index contributed by atoms with van der Waals surface area (Å²) in [5.41, 5.74) is 1.59. The summed E-state index contributed by atoms with van der Waals surface area (Å²) in [6.45, 7) is 6.57. The van der Waals surface area contributed by atoms with Crippen LogP contribution in [0.15, 0.2) is 35.3 Å². The van der Waals surface area contributed by atoms with Crippen LogP contribution in [-0.2, 0) is 5.92 Å². The average Bonchev–Trinajstić information content (AvgIpc) is 2.99. The number of hydrogen-bond acceptors (Lipinski definition) is 2. The molecule has 6 heteroatoms. The number of H-pyrrole nitrogens is 1. The van der Waals surface area contributed by atoms with E-state index in [2.05, 4.69) is 15.0 Å². The molecule has 1 aromatic heterocycles. The highest BCUT2D eigenvalue weighted by atomic mass is 19.3. The van der Waals surface area contributed by atoms with Crippen LogP contribution in [0, 0.1) is 19.7 Å². The van der Waals surface area contributed by atoms with E-state index < -0.39 is 22.8 Å². The van der Waals surface area contributed by atoms with Gasteiger partial charge in [0.15, 0.2) is 5.82 Å². The minimum Gasteiger partial charge on any atom is -0.336 e. The van der Waals surface area contributed by atoms with Crippen molar-refractivity contribution in [3.05, 3.63) is 64.2 Å². The second-order valence-corrected chi connectivity index (χ2v) is 7.24. The second-order valence-electron chi connectivity index (χ2n) is 7.24. The highest BCUT2D eigenvalue weighted by molar-refractivity contribution is 6.14. The van der Waals surface area contributed by atoms with Crippen molar-refractivity contribution in [2.45, 2.75) is 39.2 Å². The molecule has 0 amide bonds. The molecule has 1 N–H and O–H groups in total. The predicted molar refractivity (Wildman–Crippen MR) is 95.6 cm³/mol. The number of aromatic amines is 1. The van der Waals surface area contributed by atoms with Crippen molar-refractivity contribution in [2.75, 3.05) is 0 Å². The van der Waals surface area contributed by atoms with E-state index in [1.807, 2.05) is 26.0 Å². The second kappa shape index (κ2) is 5.19. The minimum atomic E-state index is -3.42. The Bertz CT molecular complexity index is 1080. The zero-order chi connectivity index (χ0) is 18.9. The smallest absolute Gasteiger partial charge is 0.300 e. The zero-order valence-corrected chi connectivity index (χ0v) is 14.9. The molecule has 0 spiro atoms. The summed E-state index contributed by atoms with van der Waals surface area (Å²) in [5.74, 6) is -3.99. The van der Waals surface area contributed by atoms with E-state index in [4.69, 9.17) is 0 Å². The van der Waals surface area contributed by atoms with Crippen molar-refractivity contribution in [2.24, 2.45) is 4.99 Å². The van der Waals surface area contributed by atoms with Crippen LogP contribution in [0.4, 0.5) is 13.2 Å². The van der Waals surface area contributed by atoms with Gasteiger partial charge in [0, 0.05) is 5.56 Å². The van der Waals surface area contributed by atoms with E-state index in [-0.39, 0.29) is 11.3 Å². The van der Waals surface area contributed by atoms with Crippen molar-refractivity contribution in [3.63, 3.8) is 0 Å². The number of imidazole rings is 1. The van der Waals surface area contributed by atoms with E-state index in [0.717, 1.165) is 28.2 Å². The van der Waals surface area contributed by atoms with Crippen molar-refractivity contribution >= 4 is 16.7 Å². The van der Waals surface area contributed by atoms with E-state index >= 15 is 0 Å². The third-order valence-corrected chi connectivity index (χ3v) is 5.16. The first-order valence-electron chi connectivity index (χ1n) is 8.37. The summed E-state index contributed by atoms with van der Waals surface area (Å²) in [6.07, 6.45) is 0. The topological polar surface area (TPSA) is 41.0 Å². The molecule has 0 radical (unpaired) electrons. The lowest BCUT2D eigenvalue weighted by Gasteiger charge is -2.36. The largest absolute Gasteiger partial charge is 0.336 e. The molecule has 1 aliphatic heterocycles. The lowest BCUT2D eigenvalue weighted by Crippen LogP contribution is -2.45. The number of aryl methyl sites for hydroxylation is 2. The normalized spacial score (nSPS) is 17.9. The predicted octanol–water partition coefficient (Wildman–Crippen LogP) is 5.04. The Balaban J connectivity index is 2.02. The maximum Gasteiger partial charge on any atom is 0.300 e. The lowest BCUT2D eigenvalue weighted by atomic mass is 9.82. The van der Waals surface area contributed by atoms with Gasteiger partial charge in [-0.2, -0.15) is 8.78 Å². The third kappa shape index (κ3) is 2.14. The first-order chi connectivity index (χ1) is 12.1. The molecule has 3 aromatic rings. The van der Waals surface area contributed by atoms with Gasteiger partial charge in [-0.15, -0.1) is 0 Å². The van der Waals surface area contributed by atoms with Crippen LogP contribution >= 0.6 is 0 Å². The van der Waals surface area contributed by atoms with Gasteiger partial charge in [-0.05, 0) is 51.0 Å². The summed E-state index contributed by atoms with van der Waals surface area (Å²) >= 11 is 0. The molecule has 134 valence electrons. The Hall–Kier alpha value is -2.63. The average molecular weight is 357 g/mol. The van der Waals surface area contributed by atoms with Gasteiger partial charge in [0.1, 0.15) is 17.1 Å². The molecule has 1 aliphatic rings. The van der Waals surface area contributed by atoms with Gasteiger partial charge in [-0.25, -0.2) is 9.37 Å². The molecule has 0 fully saturated rings. The number of halogens is 3. The van der Waals surface area contributed by atoms with Crippen molar-refractivity contribution in [1.82, 2.24) is 9.97 Å². The Kier molecular flexibility index (Phi) is 3.36. The third-order valence-electron chi connectivity index (χ3n) is 5.16. The van der Waals surface area contributed by atoms with E-state index in [1.54, 1.807) is 0 Å². The fourth-order valence-electron chi connectivity index (χ4n) is 3.37.